The van der Waals surface area contributed by atoms with E-state index in [1.807, 2.05) is 6.07 Å². The van der Waals surface area contributed by atoms with E-state index in [1.165, 1.54) is 6.07 Å². The van der Waals surface area contributed by atoms with Crippen molar-refractivity contribution in [2.24, 2.45) is 4.99 Å². The number of aliphatic imine (C=N–C) groups is 1. The molecule has 0 bridgehead atoms. The largest absolute Gasteiger partial charge is 0.382 e. The Morgan fingerprint density at radius 1 is 1.14 bits per heavy atom. The molecule has 2 N–H and O–H groups in total. The van der Waals surface area contributed by atoms with E-state index in [9.17, 15) is 4.39 Å². The van der Waals surface area contributed by atoms with Gasteiger partial charge in [0.05, 0.1) is 13.2 Å². The highest BCUT2D eigenvalue weighted by molar-refractivity contribution is 5.79. The van der Waals surface area contributed by atoms with Crippen LogP contribution >= 0.6 is 0 Å². The molecular formula is C16H26FN3O2. The molecule has 0 aliphatic carbocycles. The molecule has 1 aromatic rings. The van der Waals surface area contributed by atoms with Gasteiger partial charge in [-0.1, -0.05) is 18.2 Å². The highest BCUT2D eigenvalue weighted by atomic mass is 19.1. The SMILES string of the molecule is CN=C(NCCCOCCOC)NCCc1ccccc1F. The Kier molecular flexibility index (Phi) is 9.98. The molecule has 0 fully saturated rings. The molecule has 0 spiro atoms. The number of guanidine groups is 1. The quantitative estimate of drug-likeness (QED) is 0.391. The molecule has 1 rings (SSSR count). The van der Waals surface area contributed by atoms with Crippen molar-refractivity contribution in [2.75, 3.05) is 47.1 Å². The summed E-state index contributed by atoms with van der Waals surface area (Å²) in [6, 6.07) is 6.81. The molecule has 22 heavy (non-hydrogen) atoms. The van der Waals surface area contributed by atoms with Crippen LogP contribution in [0, 0.1) is 5.82 Å². The van der Waals surface area contributed by atoms with Crippen molar-refractivity contribution in [1.29, 1.82) is 0 Å². The predicted octanol–water partition coefficient (Wildman–Crippen LogP) is 1.59. The number of nitrogens with zero attached hydrogens (tertiary/aromatic N) is 1. The first-order chi connectivity index (χ1) is 10.8. The third-order valence-corrected chi connectivity index (χ3v) is 3.06. The summed E-state index contributed by atoms with van der Waals surface area (Å²) in [5, 5.41) is 6.36. The van der Waals surface area contributed by atoms with Crippen LogP contribution < -0.4 is 10.6 Å². The van der Waals surface area contributed by atoms with Gasteiger partial charge < -0.3 is 20.1 Å². The minimum absolute atomic E-state index is 0.166. The topological polar surface area (TPSA) is 54.9 Å². The molecule has 0 saturated carbocycles. The van der Waals surface area contributed by atoms with E-state index in [2.05, 4.69) is 15.6 Å². The zero-order valence-electron chi connectivity index (χ0n) is 13.4. The van der Waals surface area contributed by atoms with Crippen molar-refractivity contribution in [3.8, 4) is 0 Å². The molecule has 1 aromatic carbocycles. The highest BCUT2D eigenvalue weighted by Gasteiger charge is 2.01. The number of rotatable bonds is 10. The Hall–Kier alpha value is -1.66. The van der Waals surface area contributed by atoms with E-state index >= 15 is 0 Å². The Balaban J connectivity index is 2.11. The summed E-state index contributed by atoms with van der Waals surface area (Å²) in [4.78, 5) is 4.13. The summed E-state index contributed by atoms with van der Waals surface area (Å²) in [6.07, 6.45) is 1.51. The maximum atomic E-state index is 13.5. The van der Waals surface area contributed by atoms with Gasteiger partial charge in [-0.15, -0.1) is 0 Å². The van der Waals surface area contributed by atoms with Gasteiger partial charge in [-0.2, -0.15) is 0 Å². The maximum Gasteiger partial charge on any atom is 0.190 e. The van der Waals surface area contributed by atoms with Crippen molar-refractivity contribution in [1.82, 2.24) is 10.6 Å². The van der Waals surface area contributed by atoms with Gasteiger partial charge in [0.15, 0.2) is 5.96 Å². The van der Waals surface area contributed by atoms with E-state index < -0.39 is 0 Å². The van der Waals surface area contributed by atoms with E-state index in [4.69, 9.17) is 9.47 Å². The van der Waals surface area contributed by atoms with Crippen LogP contribution in [0.15, 0.2) is 29.3 Å². The predicted molar refractivity (Wildman–Crippen MR) is 86.8 cm³/mol. The standard InChI is InChI=1S/C16H26FN3O2/c1-18-16(19-9-5-11-22-13-12-21-2)20-10-8-14-6-3-4-7-15(14)17/h3-4,6-7H,5,8-13H2,1-2H3,(H2,18,19,20). The summed E-state index contributed by atoms with van der Waals surface area (Å²) in [7, 11) is 3.37. The summed E-state index contributed by atoms with van der Waals surface area (Å²) in [5.41, 5.74) is 0.706. The van der Waals surface area contributed by atoms with Crippen LogP contribution in [0.25, 0.3) is 0 Å². The Bertz CT molecular complexity index is 441. The van der Waals surface area contributed by atoms with Crippen LogP contribution in [0.1, 0.15) is 12.0 Å². The molecule has 0 aromatic heterocycles. The van der Waals surface area contributed by atoms with Gasteiger partial charge in [0.25, 0.3) is 0 Å². The second-order valence-corrected chi connectivity index (χ2v) is 4.73. The van der Waals surface area contributed by atoms with Crippen LogP contribution in [0.4, 0.5) is 4.39 Å². The minimum Gasteiger partial charge on any atom is -0.382 e. The van der Waals surface area contributed by atoms with Crippen molar-refractivity contribution >= 4 is 5.96 Å². The number of hydrogen-bond acceptors (Lipinski definition) is 3. The Labute approximate surface area is 131 Å². The summed E-state index contributed by atoms with van der Waals surface area (Å²) < 4.78 is 23.7. The average Bonchev–Trinajstić information content (AvgIpc) is 2.54. The van der Waals surface area contributed by atoms with E-state index in [-0.39, 0.29) is 5.82 Å². The van der Waals surface area contributed by atoms with Gasteiger partial charge in [-0.3, -0.25) is 4.99 Å². The highest BCUT2D eigenvalue weighted by Crippen LogP contribution is 2.05. The van der Waals surface area contributed by atoms with E-state index in [1.54, 1.807) is 26.3 Å². The van der Waals surface area contributed by atoms with E-state index in [0.717, 1.165) is 13.0 Å². The number of hydrogen-bond donors (Lipinski definition) is 2. The normalized spacial score (nSPS) is 11.5. The molecule has 0 aliphatic rings. The van der Waals surface area contributed by atoms with Crippen molar-refractivity contribution in [3.63, 3.8) is 0 Å². The molecule has 6 heteroatoms. The number of nitrogens with one attached hydrogen (secondary N) is 2. The lowest BCUT2D eigenvalue weighted by molar-refractivity contribution is 0.0698. The van der Waals surface area contributed by atoms with Crippen LogP contribution in [0.5, 0.6) is 0 Å². The molecule has 5 nitrogen and oxygen atoms in total. The lowest BCUT2D eigenvalue weighted by atomic mass is 10.1. The van der Waals surface area contributed by atoms with Crippen LogP contribution in [-0.2, 0) is 15.9 Å². The monoisotopic (exact) mass is 311 g/mol. The fourth-order valence-corrected chi connectivity index (χ4v) is 1.86. The maximum absolute atomic E-state index is 13.5. The number of halogens is 1. The molecular weight excluding hydrogens is 285 g/mol. The Morgan fingerprint density at radius 3 is 2.64 bits per heavy atom. The summed E-state index contributed by atoms with van der Waals surface area (Å²) in [5.74, 6) is 0.550. The first-order valence-corrected chi connectivity index (χ1v) is 7.52. The van der Waals surface area contributed by atoms with Gasteiger partial charge in [-0.25, -0.2) is 4.39 Å². The second-order valence-electron chi connectivity index (χ2n) is 4.73. The van der Waals surface area contributed by atoms with Crippen molar-refractivity contribution < 1.29 is 13.9 Å². The summed E-state index contributed by atoms with van der Waals surface area (Å²) in [6.45, 7) is 3.32. The first-order valence-electron chi connectivity index (χ1n) is 7.52. The lowest BCUT2D eigenvalue weighted by Crippen LogP contribution is -2.39. The number of ether oxygens (including phenoxy) is 2. The number of benzene rings is 1. The summed E-state index contributed by atoms with van der Waals surface area (Å²) >= 11 is 0. The average molecular weight is 311 g/mol. The van der Waals surface area contributed by atoms with Gasteiger partial charge >= 0.3 is 0 Å². The van der Waals surface area contributed by atoms with Gasteiger partial charge in [0.1, 0.15) is 5.82 Å². The second kappa shape index (κ2) is 11.9. The van der Waals surface area contributed by atoms with Gasteiger partial charge in [0.2, 0.25) is 0 Å². The van der Waals surface area contributed by atoms with Gasteiger partial charge in [-0.05, 0) is 24.5 Å². The van der Waals surface area contributed by atoms with E-state index in [0.29, 0.717) is 44.3 Å². The Morgan fingerprint density at radius 2 is 1.91 bits per heavy atom. The van der Waals surface area contributed by atoms with Crippen LogP contribution in [-0.4, -0.2) is 53.0 Å². The molecule has 0 heterocycles. The third kappa shape index (κ3) is 7.95. The van der Waals surface area contributed by atoms with Crippen molar-refractivity contribution in [2.45, 2.75) is 12.8 Å². The zero-order chi connectivity index (χ0) is 16.0. The minimum atomic E-state index is -0.166. The molecule has 0 unspecified atom stereocenters. The van der Waals surface area contributed by atoms with Crippen LogP contribution in [0.2, 0.25) is 0 Å². The fourth-order valence-electron chi connectivity index (χ4n) is 1.86. The molecule has 0 saturated heterocycles. The van der Waals surface area contributed by atoms with Crippen molar-refractivity contribution in [3.05, 3.63) is 35.6 Å². The first kappa shape index (κ1) is 18.4. The zero-order valence-corrected chi connectivity index (χ0v) is 13.4. The molecule has 0 aliphatic heterocycles. The number of methoxy groups -OCH3 is 1. The third-order valence-electron chi connectivity index (χ3n) is 3.06. The molecule has 0 amide bonds. The molecule has 0 radical (unpaired) electrons. The van der Waals surface area contributed by atoms with Crippen LogP contribution in [0.3, 0.4) is 0 Å². The smallest absolute Gasteiger partial charge is 0.190 e. The molecule has 0 atom stereocenters. The lowest BCUT2D eigenvalue weighted by Gasteiger charge is -2.12. The van der Waals surface area contributed by atoms with Gasteiger partial charge in [0, 0.05) is 33.9 Å². The fraction of sp³-hybridized carbons (Fsp3) is 0.562. The molecule has 124 valence electrons.